The molecule has 1 aliphatic rings. The molecule has 0 bridgehead atoms. The molecule has 1 saturated heterocycles. The van der Waals surface area contributed by atoms with Crippen LogP contribution in [-0.2, 0) is 32.5 Å². The van der Waals surface area contributed by atoms with Gasteiger partial charge in [0.15, 0.2) is 0 Å². The molecule has 3 N–H and O–H groups in total. The van der Waals surface area contributed by atoms with Crippen molar-refractivity contribution in [1.82, 2.24) is 14.5 Å². The Bertz CT molecular complexity index is 917. The van der Waals surface area contributed by atoms with E-state index in [0.717, 1.165) is 11.1 Å². The molecule has 0 radical (unpaired) electrons. The molecule has 9 nitrogen and oxygen atoms in total. The summed E-state index contributed by atoms with van der Waals surface area (Å²) in [6.07, 6.45) is 1.25. The van der Waals surface area contributed by atoms with Gasteiger partial charge in [-0.15, -0.1) is 0 Å². The topological polar surface area (TPSA) is 118 Å². The number of imide groups is 1. The second kappa shape index (κ2) is 9.13. The van der Waals surface area contributed by atoms with Crippen molar-refractivity contribution < 1.29 is 19.1 Å². The van der Waals surface area contributed by atoms with Crippen LogP contribution in [0.25, 0.3) is 11.0 Å². The van der Waals surface area contributed by atoms with Crippen molar-refractivity contribution in [3.63, 3.8) is 0 Å². The van der Waals surface area contributed by atoms with Crippen LogP contribution < -0.4 is 16.7 Å². The SMILES string of the molecule is Cn1c(=O)n(C2CCC(=O)NC2=O)c2ccc(CCOCCOCCN)cc21. The number of carbonyl (C=O) groups is 2. The predicted octanol–water partition coefficient (Wildman–Crippen LogP) is -0.148. The van der Waals surface area contributed by atoms with Gasteiger partial charge in [-0.2, -0.15) is 0 Å². The van der Waals surface area contributed by atoms with Gasteiger partial charge in [-0.3, -0.25) is 24.0 Å². The van der Waals surface area contributed by atoms with Crippen LogP contribution >= 0.6 is 0 Å². The Kier molecular flexibility index (Phi) is 6.61. The second-order valence-electron chi connectivity index (χ2n) is 6.76. The van der Waals surface area contributed by atoms with Gasteiger partial charge in [-0.05, 0) is 30.5 Å². The van der Waals surface area contributed by atoms with Gasteiger partial charge in [0.25, 0.3) is 0 Å². The van der Waals surface area contributed by atoms with Gasteiger partial charge in [0, 0.05) is 20.0 Å². The zero-order valence-corrected chi connectivity index (χ0v) is 16.0. The Labute approximate surface area is 162 Å². The van der Waals surface area contributed by atoms with Crippen molar-refractivity contribution in [2.24, 2.45) is 12.8 Å². The number of amides is 2. The Morgan fingerprint density at radius 3 is 2.57 bits per heavy atom. The third kappa shape index (κ3) is 4.32. The maximum Gasteiger partial charge on any atom is 0.329 e. The van der Waals surface area contributed by atoms with E-state index >= 15 is 0 Å². The number of nitrogens with two attached hydrogens (primary N) is 1. The van der Waals surface area contributed by atoms with Gasteiger partial charge < -0.3 is 15.2 Å². The van der Waals surface area contributed by atoms with Crippen molar-refractivity contribution in [2.45, 2.75) is 25.3 Å². The maximum atomic E-state index is 12.7. The Hall–Kier alpha value is -2.49. The van der Waals surface area contributed by atoms with Gasteiger partial charge in [-0.1, -0.05) is 6.07 Å². The first-order valence-electron chi connectivity index (χ1n) is 9.42. The number of imidazole rings is 1. The summed E-state index contributed by atoms with van der Waals surface area (Å²) in [5.41, 5.74) is 7.54. The van der Waals surface area contributed by atoms with E-state index in [1.165, 1.54) is 9.13 Å². The third-order valence-electron chi connectivity index (χ3n) is 4.84. The van der Waals surface area contributed by atoms with E-state index < -0.39 is 11.9 Å². The minimum absolute atomic E-state index is 0.226. The fourth-order valence-electron chi connectivity index (χ4n) is 3.39. The van der Waals surface area contributed by atoms with E-state index in [0.29, 0.717) is 51.3 Å². The smallest absolute Gasteiger partial charge is 0.329 e. The number of aryl methyl sites for hydroxylation is 1. The predicted molar refractivity (Wildman–Crippen MR) is 103 cm³/mol. The molecule has 1 fully saturated rings. The van der Waals surface area contributed by atoms with Crippen LogP contribution in [0.2, 0.25) is 0 Å². The van der Waals surface area contributed by atoms with Gasteiger partial charge in [0.05, 0.1) is 37.5 Å². The highest BCUT2D eigenvalue weighted by molar-refractivity contribution is 6.00. The van der Waals surface area contributed by atoms with Crippen molar-refractivity contribution in [1.29, 1.82) is 0 Å². The summed E-state index contributed by atoms with van der Waals surface area (Å²) in [7, 11) is 1.68. The van der Waals surface area contributed by atoms with Crippen LogP contribution in [0.5, 0.6) is 0 Å². The number of piperidine rings is 1. The number of fused-ring (bicyclic) bond motifs is 1. The molecular weight excluding hydrogens is 364 g/mol. The summed E-state index contributed by atoms with van der Waals surface area (Å²) in [6, 6.07) is 5.04. The van der Waals surface area contributed by atoms with Crippen LogP contribution in [0.4, 0.5) is 0 Å². The number of benzene rings is 1. The number of nitrogens with one attached hydrogen (secondary N) is 1. The highest BCUT2D eigenvalue weighted by atomic mass is 16.5. The summed E-state index contributed by atoms with van der Waals surface area (Å²) >= 11 is 0. The maximum absolute atomic E-state index is 12.7. The monoisotopic (exact) mass is 390 g/mol. The summed E-state index contributed by atoms with van der Waals surface area (Å²) in [5.74, 6) is -0.731. The molecular formula is C19H26N4O5. The zero-order valence-electron chi connectivity index (χ0n) is 16.0. The van der Waals surface area contributed by atoms with Crippen molar-refractivity contribution in [3.8, 4) is 0 Å². The van der Waals surface area contributed by atoms with E-state index in [4.69, 9.17) is 15.2 Å². The molecule has 2 amide bonds. The lowest BCUT2D eigenvalue weighted by Gasteiger charge is -2.21. The largest absolute Gasteiger partial charge is 0.379 e. The number of carbonyl (C=O) groups excluding carboxylic acids is 2. The second-order valence-corrected chi connectivity index (χ2v) is 6.76. The number of hydrogen-bond donors (Lipinski definition) is 2. The normalized spacial score (nSPS) is 17.3. The first-order valence-corrected chi connectivity index (χ1v) is 9.42. The number of aromatic nitrogens is 2. The zero-order chi connectivity index (χ0) is 20.1. The van der Waals surface area contributed by atoms with E-state index in [-0.39, 0.29) is 18.0 Å². The van der Waals surface area contributed by atoms with Crippen LogP contribution in [0.3, 0.4) is 0 Å². The molecule has 152 valence electrons. The van der Waals surface area contributed by atoms with Gasteiger partial charge in [0.1, 0.15) is 6.04 Å². The standard InChI is InChI=1S/C19H26N4O5/c1-22-16-12-13(6-8-27-10-11-28-9-7-20)2-3-14(16)23(19(22)26)15-4-5-17(24)21-18(15)25/h2-3,12,15H,4-11,20H2,1H3,(H,21,24,25). The number of ether oxygens (including phenoxy) is 2. The highest BCUT2D eigenvalue weighted by Crippen LogP contribution is 2.23. The fourth-order valence-corrected chi connectivity index (χ4v) is 3.39. The molecule has 1 aliphatic heterocycles. The minimum atomic E-state index is -0.670. The molecule has 2 aromatic rings. The summed E-state index contributed by atoms with van der Waals surface area (Å²) < 4.78 is 13.8. The Balaban J connectivity index is 1.71. The van der Waals surface area contributed by atoms with E-state index in [2.05, 4.69) is 5.32 Å². The molecule has 1 aromatic heterocycles. The number of rotatable bonds is 9. The lowest BCUT2D eigenvalue weighted by Crippen LogP contribution is -2.44. The van der Waals surface area contributed by atoms with E-state index in [1.807, 2.05) is 18.2 Å². The van der Waals surface area contributed by atoms with Crippen LogP contribution in [-0.4, -0.2) is 53.9 Å². The molecule has 28 heavy (non-hydrogen) atoms. The number of hydrogen-bond acceptors (Lipinski definition) is 6. The Morgan fingerprint density at radius 1 is 1.11 bits per heavy atom. The van der Waals surface area contributed by atoms with Crippen molar-refractivity contribution >= 4 is 22.8 Å². The average Bonchev–Trinajstić information content (AvgIpc) is 2.92. The van der Waals surface area contributed by atoms with Gasteiger partial charge in [-0.25, -0.2) is 4.79 Å². The molecule has 3 rings (SSSR count). The molecule has 1 atom stereocenters. The lowest BCUT2D eigenvalue weighted by molar-refractivity contribution is -0.135. The fraction of sp³-hybridized carbons (Fsp3) is 0.526. The third-order valence-corrected chi connectivity index (χ3v) is 4.84. The van der Waals surface area contributed by atoms with Crippen LogP contribution in [0.15, 0.2) is 23.0 Å². The molecule has 2 heterocycles. The first-order chi connectivity index (χ1) is 13.5. The molecule has 1 unspecified atom stereocenters. The quantitative estimate of drug-likeness (QED) is 0.454. The molecule has 1 aromatic carbocycles. The molecule has 0 spiro atoms. The summed E-state index contributed by atoms with van der Waals surface area (Å²) in [6.45, 7) is 2.58. The molecule has 0 aliphatic carbocycles. The lowest BCUT2D eigenvalue weighted by atomic mass is 10.1. The minimum Gasteiger partial charge on any atom is -0.379 e. The highest BCUT2D eigenvalue weighted by Gasteiger charge is 2.31. The van der Waals surface area contributed by atoms with Gasteiger partial charge >= 0.3 is 5.69 Å². The first kappa shape index (κ1) is 20.2. The van der Waals surface area contributed by atoms with Crippen LogP contribution in [0, 0.1) is 0 Å². The summed E-state index contributed by atoms with van der Waals surface area (Å²) in [5, 5.41) is 2.31. The van der Waals surface area contributed by atoms with Crippen LogP contribution in [0.1, 0.15) is 24.4 Å². The average molecular weight is 390 g/mol. The van der Waals surface area contributed by atoms with E-state index in [1.54, 1.807) is 7.05 Å². The molecule has 9 heteroatoms. The van der Waals surface area contributed by atoms with Crippen molar-refractivity contribution in [2.75, 3.05) is 33.0 Å². The Morgan fingerprint density at radius 2 is 1.86 bits per heavy atom. The molecule has 0 saturated carbocycles. The van der Waals surface area contributed by atoms with E-state index in [9.17, 15) is 14.4 Å². The van der Waals surface area contributed by atoms with Gasteiger partial charge in [0.2, 0.25) is 11.8 Å². The summed E-state index contributed by atoms with van der Waals surface area (Å²) in [4.78, 5) is 36.3. The van der Waals surface area contributed by atoms with Crippen molar-refractivity contribution in [3.05, 3.63) is 34.2 Å². The number of nitrogens with zero attached hydrogens (tertiary/aromatic N) is 2.